The number of carbonyl (C=O) groups excluding carboxylic acids is 1. The first kappa shape index (κ1) is 57.9. The average molecular weight is 863 g/mol. The fraction of sp³-hybridized carbons (Fsp3) is 0.745. The number of carbonyl (C=O) groups is 1. The Bertz CT molecular complexity index is 1190. The van der Waals surface area contributed by atoms with Gasteiger partial charge in [0.05, 0.1) is 34.4 Å². The molecule has 348 valence electrons. The molecule has 2 unspecified atom stereocenters. The summed E-state index contributed by atoms with van der Waals surface area (Å²) in [6.45, 7) is 5.36. The Morgan fingerprint density at radius 3 is 1.38 bits per heavy atom. The minimum Gasteiger partial charge on any atom is -0.457 e. The van der Waals surface area contributed by atoms with E-state index in [-0.39, 0.29) is 25.8 Å². The van der Waals surface area contributed by atoms with Crippen LogP contribution >= 0.6 is 7.82 Å². The van der Waals surface area contributed by atoms with Crippen molar-refractivity contribution in [3.63, 3.8) is 0 Å². The topological polar surface area (TPSA) is 91.3 Å². The zero-order chi connectivity index (χ0) is 44.1. The number of likely N-dealkylation sites (N-methyl/N-ethyl adjacent to an activating group) is 1. The van der Waals surface area contributed by atoms with Crippen molar-refractivity contribution in [1.82, 2.24) is 0 Å². The molecule has 0 heterocycles. The third-order valence-electron chi connectivity index (χ3n) is 10.0. The van der Waals surface area contributed by atoms with E-state index in [9.17, 15) is 14.3 Å². The summed E-state index contributed by atoms with van der Waals surface area (Å²) in [4.78, 5) is 23.0. The van der Waals surface area contributed by atoms with E-state index in [2.05, 4.69) is 86.8 Å². The number of hydrogen-bond acceptors (Lipinski definition) is 6. The van der Waals surface area contributed by atoms with E-state index >= 15 is 0 Å². The monoisotopic (exact) mass is 863 g/mol. The van der Waals surface area contributed by atoms with Crippen LogP contribution in [0.2, 0.25) is 0 Å². The number of unbranched alkanes of at least 4 members (excludes halogenated alkanes) is 18. The second-order valence-electron chi connectivity index (χ2n) is 17.1. The molecule has 1 N–H and O–H groups in total. The molecular formula is C51H93NO7P+. The molecule has 0 aliphatic rings. The number of allylic oxidation sites excluding steroid dienone is 12. The van der Waals surface area contributed by atoms with Gasteiger partial charge in [0.1, 0.15) is 19.3 Å². The normalized spacial score (nSPS) is 14.3. The van der Waals surface area contributed by atoms with Crippen LogP contribution in [-0.2, 0) is 27.9 Å². The van der Waals surface area contributed by atoms with Crippen molar-refractivity contribution in [3.05, 3.63) is 72.9 Å². The molecule has 0 aromatic heterocycles. The van der Waals surface area contributed by atoms with Crippen molar-refractivity contribution < 1.29 is 37.3 Å². The molecule has 0 saturated heterocycles. The Kier molecular flexibility index (Phi) is 42.1. The molecule has 8 nitrogen and oxygen atoms in total. The van der Waals surface area contributed by atoms with Crippen molar-refractivity contribution in [2.24, 2.45) is 0 Å². The Morgan fingerprint density at radius 1 is 0.533 bits per heavy atom. The number of quaternary nitrogens is 1. The number of nitrogens with zero attached hydrogens (tertiary/aromatic N) is 1. The van der Waals surface area contributed by atoms with Crippen molar-refractivity contribution in [3.8, 4) is 0 Å². The predicted molar refractivity (Wildman–Crippen MR) is 256 cm³/mol. The molecule has 0 bridgehead atoms. The summed E-state index contributed by atoms with van der Waals surface area (Å²) in [5.74, 6) is -0.333. The van der Waals surface area contributed by atoms with Gasteiger partial charge in [0.25, 0.3) is 0 Å². The van der Waals surface area contributed by atoms with Crippen LogP contribution in [0.15, 0.2) is 72.9 Å². The summed E-state index contributed by atoms with van der Waals surface area (Å²) < 4.78 is 35.0. The van der Waals surface area contributed by atoms with Crippen LogP contribution in [0.1, 0.15) is 187 Å². The molecule has 0 radical (unpaired) electrons. The maximum Gasteiger partial charge on any atom is 0.472 e. The van der Waals surface area contributed by atoms with E-state index < -0.39 is 13.9 Å². The van der Waals surface area contributed by atoms with Gasteiger partial charge in [0.15, 0.2) is 0 Å². The summed E-state index contributed by atoms with van der Waals surface area (Å²) in [5.41, 5.74) is 0. The standard InChI is InChI=1S/C51H92NO7P/c1-6-8-10-12-14-16-18-20-22-24-26-27-29-31-33-35-37-39-41-43-46-56-48-50(49-58-60(54,55)57-47-45-52(3,4)5)59-51(53)44-42-40-38-36-34-32-30-28-25-23-21-19-17-15-13-11-9-7-2/h8,10,14,16,20,22,26-27,31,33,37,39,50H,6-7,9,11-13,15,17-19,21,23-25,28-30,32,34-36,38,40-49H2,1-5H3/p+1/b10-8-,16-14-,22-20-,27-26-,33-31-,39-37-. The molecule has 60 heavy (non-hydrogen) atoms. The number of phosphoric acid groups is 1. The Labute approximate surface area is 370 Å². The Morgan fingerprint density at radius 2 is 0.950 bits per heavy atom. The van der Waals surface area contributed by atoms with Crippen molar-refractivity contribution in [2.45, 2.75) is 193 Å². The van der Waals surface area contributed by atoms with E-state index in [4.69, 9.17) is 18.5 Å². The predicted octanol–water partition coefficient (Wildman–Crippen LogP) is 14.7. The summed E-state index contributed by atoms with van der Waals surface area (Å²) >= 11 is 0. The number of phosphoric ester groups is 1. The first-order chi connectivity index (χ1) is 29.1. The van der Waals surface area contributed by atoms with Crippen LogP contribution in [0.4, 0.5) is 0 Å². The molecule has 0 aromatic rings. The van der Waals surface area contributed by atoms with E-state index in [1.807, 2.05) is 21.1 Å². The molecule has 0 amide bonds. The van der Waals surface area contributed by atoms with Crippen LogP contribution in [0.25, 0.3) is 0 Å². The second kappa shape index (κ2) is 43.6. The Hall–Kier alpha value is -2.06. The van der Waals surface area contributed by atoms with Crippen LogP contribution < -0.4 is 0 Å². The highest BCUT2D eigenvalue weighted by Gasteiger charge is 2.26. The molecule has 2 atom stereocenters. The highest BCUT2D eigenvalue weighted by molar-refractivity contribution is 7.47. The molecule has 0 spiro atoms. The van der Waals surface area contributed by atoms with Gasteiger partial charge in [-0.1, -0.05) is 196 Å². The quantitative estimate of drug-likeness (QED) is 0.0214. The van der Waals surface area contributed by atoms with Gasteiger partial charge < -0.3 is 18.9 Å². The van der Waals surface area contributed by atoms with Crippen LogP contribution in [0.5, 0.6) is 0 Å². The maximum atomic E-state index is 12.7. The zero-order valence-electron chi connectivity index (χ0n) is 39.4. The van der Waals surface area contributed by atoms with Gasteiger partial charge in [-0.3, -0.25) is 13.8 Å². The molecular weight excluding hydrogens is 770 g/mol. The molecule has 0 saturated carbocycles. The van der Waals surface area contributed by atoms with Crippen molar-refractivity contribution in [1.29, 1.82) is 0 Å². The molecule has 0 aliphatic heterocycles. The molecule has 0 aromatic carbocycles. The SMILES string of the molecule is CC/C=C\C/C=C\C/C=C\C/C=C\C/C=C\C/C=C\CCCOCC(COP(=O)(O)OCC[N+](C)(C)C)OC(=O)CCCCCCCCCCCCCCCCCCCC. The Balaban J connectivity index is 4.29. The van der Waals surface area contributed by atoms with Gasteiger partial charge in [0.2, 0.25) is 0 Å². The third kappa shape index (κ3) is 47.0. The summed E-state index contributed by atoms with van der Waals surface area (Å²) in [6, 6.07) is 0. The fourth-order valence-electron chi connectivity index (χ4n) is 6.33. The van der Waals surface area contributed by atoms with Gasteiger partial charge in [-0.2, -0.15) is 0 Å². The summed E-state index contributed by atoms with van der Waals surface area (Å²) in [6.07, 6.45) is 56.7. The van der Waals surface area contributed by atoms with Gasteiger partial charge in [-0.15, -0.1) is 0 Å². The lowest BCUT2D eigenvalue weighted by molar-refractivity contribution is -0.870. The highest BCUT2D eigenvalue weighted by atomic mass is 31.2. The highest BCUT2D eigenvalue weighted by Crippen LogP contribution is 2.43. The van der Waals surface area contributed by atoms with Crippen LogP contribution in [0.3, 0.4) is 0 Å². The molecule has 9 heteroatoms. The first-order valence-corrected chi connectivity index (χ1v) is 25.7. The number of ether oxygens (including phenoxy) is 2. The van der Waals surface area contributed by atoms with Crippen molar-refractivity contribution in [2.75, 3.05) is 54.1 Å². The van der Waals surface area contributed by atoms with Gasteiger partial charge in [-0.05, 0) is 57.8 Å². The second-order valence-corrected chi connectivity index (χ2v) is 18.6. The molecule has 0 rings (SSSR count). The van der Waals surface area contributed by atoms with E-state index in [1.165, 1.54) is 96.3 Å². The van der Waals surface area contributed by atoms with Gasteiger partial charge in [0, 0.05) is 13.0 Å². The largest absolute Gasteiger partial charge is 0.472 e. The summed E-state index contributed by atoms with van der Waals surface area (Å²) in [7, 11) is 1.63. The van der Waals surface area contributed by atoms with E-state index in [0.29, 0.717) is 24.1 Å². The summed E-state index contributed by atoms with van der Waals surface area (Å²) in [5, 5.41) is 0. The van der Waals surface area contributed by atoms with E-state index in [0.717, 1.165) is 70.6 Å². The van der Waals surface area contributed by atoms with Gasteiger partial charge >= 0.3 is 13.8 Å². The van der Waals surface area contributed by atoms with Gasteiger partial charge in [-0.25, -0.2) is 4.57 Å². The zero-order valence-corrected chi connectivity index (χ0v) is 40.3. The minimum atomic E-state index is -4.30. The average Bonchev–Trinajstić information content (AvgIpc) is 3.20. The lowest BCUT2D eigenvalue weighted by atomic mass is 10.0. The maximum absolute atomic E-state index is 12.7. The molecule has 0 fully saturated rings. The lowest BCUT2D eigenvalue weighted by Gasteiger charge is -2.24. The number of hydrogen-bond donors (Lipinski definition) is 1. The smallest absolute Gasteiger partial charge is 0.457 e. The van der Waals surface area contributed by atoms with Crippen LogP contribution in [0, 0.1) is 0 Å². The lowest BCUT2D eigenvalue weighted by Crippen LogP contribution is -2.37. The molecule has 0 aliphatic carbocycles. The van der Waals surface area contributed by atoms with E-state index in [1.54, 1.807) is 0 Å². The fourth-order valence-corrected chi connectivity index (χ4v) is 7.08. The third-order valence-corrected chi connectivity index (χ3v) is 11.0. The van der Waals surface area contributed by atoms with Crippen molar-refractivity contribution >= 4 is 13.8 Å². The minimum absolute atomic E-state index is 0.0756. The number of rotatable bonds is 44. The first-order valence-electron chi connectivity index (χ1n) is 24.2. The number of esters is 1. The van der Waals surface area contributed by atoms with Crippen LogP contribution in [-0.4, -0.2) is 75.6 Å².